The third-order valence-corrected chi connectivity index (χ3v) is 3.28. The van der Waals surface area contributed by atoms with Gasteiger partial charge in [-0.25, -0.2) is 0 Å². The molecule has 0 aliphatic heterocycles. The molecule has 0 N–H and O–H groups in total. The molecule has 2 rings (SSSR count). The van der Waals surface area contributed by atoms with E-state index in [-0.39, 0.29) is 5.78 Å². The summed E-state index contributed by atoms with van der Waals surface area (Å²) in [5, 5.41) is 0. The van der Waals surface area contributed by atoms with E-state index in [0.717, 1.165) is 11.1 Å². The minimum atomic E-state index is 0.0133. The molecule has 0 radical (unpaired) electrons. The van der Waals surface area contributed by atoms with Gasteiger partial charge in [0.2, 0.25) is 5.75 Å². The maximum Gasteiger partial charge on any atom is 0.203 e. The van der Waals surface area contributed by atoms with E-state index < -0.39 is 0 Å². The monoisotopic (exact) mass is 286 g/mol. The predicted octanol–water partition coefficient (Wildman–Crippen LogP) is 3.58. The van der Waals surface area contributed by atoms with Gasteiger partial charge < -0.3 is 14.2 Å². The van der Waals surface area contributed by atoms with Gasteiger partial charge in [0.15, 0.2) is 17.3 Å². The second kappa shape index (κ2) is 6.31. The number of methoxy groups -OCH3 is 3. The Morgan fingerprint density at radius 1 is 0.905 bits per heavy atom. The normalized spacial score (nSPS) is 10.1. The standard InChI is InChI=1S/C17H18O4/c1-11(18)13-7-5-6-8-14(13)12-9-15(19-2)17(21-4)16(10-12)20-3/h5-10H,1-4H3. The zero-order valence-electron chi connectivity index (χ0n) is 12.6. The second-order valence-electron chi connectivity index (χ2n) is 4.52. The zero-order valence-corrected chi connectivity index (χ0v) is 12.6. The Morgan fingerprint density at radius 2 is 1.48 bits per heavy atom. The molecule has 0 bridgehead atoms. The summed E-state index contributed by atoms with van der Waals surface area (Å²) in [6.45, 7) is 1.55. The molecule has 0 aromatic heterocycles. The Labute approximate surface area is 124 Å². The van der Waals surface area contributed by atoms with Gasteiger partial charge in [-0.1, -0.05) is 24.3 Å². The van der Waals surface area contributed by atoms with E-state index in [9.17, 15) is 4.79 Å². The number of carbonyl (C=O) groups is 1. The molecule has 21 heavy (non-hydrogen) atoms. The average Bonchev–Trinajstić information content (AvgIpc) is 2.53. The molecule has 0 aliphatic rings. The highest BCUT2D eigenvalue weighted by molar-refractivity contribution is 6.01. The van der Waals surface area contributed by atoms with Crippen LogP contribution < -0.4 is 14.2 Å². The Balaban J connectivity index is 2.68. The molecule has 0 unspecified atom stereocenters. The van der Waals surface area contributed by atoms with Crippen LogP contribution in [0, 0.1) is 0 Å². The van der Waals surface area contributed by atoms with Crippen molar-refractivity contribution in [3.05, 3.63) is 42.0 Å². The van der Waals surface area contributed by atoms with Crippen molar-refractivity contribution in [3.8, 4) is 28.4 Å². The maximum atomic E-state index is 11.8. The van der Waals surface area contributed by atoms with Gasteiger partial charge >= 0.3 is 0 Å². The molecule has 110 valence electrons. The lowest BCUT2D eigenvalue weighted by atomic mass is 9.97. The predicted molar refractivity (Wildman–Crippen MR) is 81.5 cm³/mol. The van der Waals surface area contributed by atoms with Gasteiger partial charge in [-0.3, -0.25) is 4.79 Å². The van der Waals surface area contributed by atoms with Crippen molar-refractivity contribution < 1.29 is 19.0 Å². The Morgan fingerprint density at radius 3 is 1.95 bits per heavy atom. The first kappa shape index (κ1) is 14.9. The third-order valence-electron chi connectivity index (χ3n) is 3.28. The van der Waals surface area contributed by atoms with Crippen molar-refractivity contribution in [2.75, 3.05) is 21.3 Å². The number of ether oxygens (including phenoxy) is 3. The summed E-state index contributed by atoms with van der Waals surface area (Å²) in [7, 11) is 4.69. The van der Waals surface area contributed by atoms with E-state index in [1.807, 2.05) is 30.3 Å². The highest BCUT2D eigenvalue weighted by atomic mass is 16.5. The first-order chi connectivity index (χ1) is 10.1. The van der Waals surface area contributed by atoms with Crippen molar-refractivity contribution in [2.45, 2.75) is 6.92 Å². The first-order valence-electron chi connectivity index (χ1n) is 6.52. The Hall–Kier alpha value is -2.49. The van der Waals surface area contributed by atoms with Gasteiger partial charge in [-0.2, -0.15) is 0 Å². The fourth-order valence-electron chi connectivity index (χ4n) is 2.28. The largest absolute Gasteiger partial charge is 0.493 e. The average molecular weight is 286 g/mol. The number of benzene rings is 2. The van der Waals surface area contributed by atoms with E-state index >= 15 is 0 Å². The molecule has 0 atom stereocenters. The summed E-state index contributed by atoms with van der Waals surface area (Å²) < 4.78 is 16.0. The lowest BCUT2D eigenvalue weighted by Crippen LogP contribution is -1.98. The molecule has 0 spiro atoms. The van der Waals surface area contributed by atoms with Crippen LogP contribution in [0.2, 0.25) is 0 Å². The van der Waals surface area contributed by atoms with Crippen molar-refractivity contribution in [3.63, 3.8) is 0 Å². The minimum Gasteiger partial charge on any atom is -0.493 e. The number of Topliss-reactive ketones (excluding diaryl/α,β-unsaturated/α-hetero) is 1. The maximum absolute atomic E-state index is 11.8. The molecular weight excluding hydrogens is 268 g/mol. The van der Waals surface area contributed by atoms with E-state index in [2.05, 4.69) is 0 Å². The Kier molecular flexibility index (Phi) is 4.48. The van der Waals surface area contributed by atoms with Crippen LogP contribution in [0.15, 0.2) is 36.4 Å². The third kappa shape index (κ3) is 2.84. The summed E-state index contributed by atoms with van der Waals surface area (Å²) in [6, 6.07) is 11.1. The van der Waals surface area contributed by atoms with Gasteiger partial charge in [-0.05, 0) is 30.2 Å². The van der Waals surface area contributed by atoms with E-state index in [1.165, 1.54) is 0 Å². The number of carbonyl (C=O) groups excluding carboxylic acids is 1. The number of rotatable bonds is 5. The molecule has 4 nitrogen and oxygen atoms in total. The van der Waals surface area contributed by atoms with Crippen LogP contribution in [-0.4, -0.2) is 27.1 Å². The zero-order chi connectivity index (χ0) is 15.4. The van der Waals surface area contributed by atoms with Crippen molar-refractivity contribution >= 4 is 5.78 Å². The molecular formula is C17H18O4. The van der Waals surface area contributed by atoms with E-state index in [0.29, 0.717) is 22.8 Å². The lowest BCUT2D eigenvalue weighted by Gasteiger charge is -2.15. The summed E-state index contributed by atoms with van der Waals surface area (Å²) in [4.78, 5) is 11.8. The molecule has 0 heterocycles. The van der Waals surface area contributed by atoms with E-state index in [4.69, 9.17) is 14.2 Å². The highest BCUT2D eigenvalue weighted by Gasteiger charge is 2.16. The quantitative estimate of drug-likeness (QED) is 0.788. The second-order valence-corrected chi connectivity index (χ2v) is 4.52. The number of hydrogen-bond acceptors (Lipinski definition) is 4. The fourth-order valence-corrected chi connectivity index (χ4v) is 2.28. The SMILES string of the molecule is COc1cc(-c2ccccc2C(C)=O)cc(OC)c1OC. The first-order valence-corrected chi connectivity index (χ1v) is 6.52. The van der Waals surface area contributed by atoms with Crippen LogP contribution in [0.25, 0.3) is 11.1 Å². The molecule has 4 heteroatoms. The minimum absolute atomic E-state index is 0.0133. The van der Waals surface area contributed by atoms with Gasteiger partial charge in [0, 0.05) is 5.56 Å². The smallest absolute Gasteiger partial charge is 0.203 e. The number of hydrogen-bond donors (Lipinski definition) is 0. The topological polar surface area (TPSA) is 44.8 Å². The molecule has 0 saturated heterocycles. The summed E-state index contributed by atoms with van der Waals surface area (Å²) in [5.41, 5.74) is 2.34. The van der Waals surface area contributed by atoms with Gasteiger partial charge in [0.25, 0.3) is 0 Å². The highest BCUT2D eigenvalue weighted by Crippen LogP contribution is 2.41. The Bertz CT molecular complexity index is 637. The summed E-state index contributed by atoms with van der Waals surface area (Å²) >= 11 is 0. The molecule has 2 aromatic rings. The van der Waals surface area contributed by atoms with E-state index in [1.54, 1.807) is 34.3 Å². The van der Waals surface area contributed by atoms with Crippen LogP contribution in [0.4, 0.5) is 0 Å². The molecule has 0 amide bonds. The van der Waals surface area contributed by atoms with Crippen molar-refractivity contribution in [1.29, 1.82) is 0 Å². The van der Waals surface area contributed by atoms with Gasteiger partial charge in [0.1, 0.15) is 0 Å². The van der Waals surface area contributed by atoms with Crippen LogP contribution in [0.5, 0.6) is 17.2 Å². The van der Waals surface area contributed by atoms with Crippen LogP contribution >= 0.6 is 0 Å². The van der Waals surface area contributed by atoms with Crippen LogP contribution in [0.3, 0.4) is 0 Å². The molecule has 0 fully saturated rings. The van der Waals surface area contributed by atoms with Gasteiger partial charge in [-0.15, -0.1) is 0 Å². The lowest BCUT2D eigenvalue weighted by molar-refractivity contribution is 0.101. The van der Waals surface area contributed by atoms with Crippen LogP contribution in [0.1, 0.15) is 17.3 Å². The van der Waals surface area contributed by atoms with Crippen molar-refractivity contribution in [1.82, 2.24) is 0 Å². The summed E-state index contributed by atoms with van der Waals surface area (Å²) in [6.07, 6.45) is 0. The molecule has 0 aliphatic carbocycles. The number of ketones is 1. The van der Waals surface area contributed by atoms with Crippen molar-refractivity contribution in [2.24, 2.45) is 0 Å². The summed E-state index contributed by atoms with van der Waals surface area (Å²) in [5.74, 6) is 1.67. The molecule has 2 aromatic carbocycles. The van der Waals surface area contributed by atoms with Crippen LogP contribution in [-0.2, 0) is 0 Å². The van der Waals surface area contributed by atoms with Gasteiger partial charge in [0.05, 0.1) is 21.3 Å². The molecule has 0 saturated carbocycles. The fraction of sp³-hybridized carbons (Fsp3) is 0.235.